The average molecular weight is 355 g/mol. The molecule has 0 N–H and O–H groups in total. The highest BCUT2D eigenvalue weighted by atomic mass is 32.1. The van der Waals surface area contributed by atoms with Gasteiger partial charge >= 0.3 is 0 Å². The van der Waals surface area contributed by atoms with Crippen LogP contribution in [0, 0.1) is 5.82 Å². The molecule has 0 aliphatic carbocycles. The Hall–Kier alpha value is -2.66. The molecule has 0 saturated heterocycles. The van der Waals surface area contributed by atoms with E-state index in [9.17, 15) is 9.18 Å². The summed E-state index contributed by atoms with van der Waals surface area (Å²) in [6.45, 7) is 2.78. The fourth-order valence-corrected chi connectivity index (χ4v) is 3.22. The van der Waals surface area contributed by atoms with E-state index in [4.69, 9.17) is 4.74 Å². The van der Waals surface area contributed by atoms with E-state index in [-0.39, 0.29) is 11.7 Å². The Balaban J connectivity index is 1.98. The molecule has 1 aromatic heterocycles. The van der Waals surface area contributed by atoms with Crippen LogP contribution in [0.2, 0.25) is 0 Å². The lowest BCUT2D eigenvalue weighted by molar-refractivity contribution is 0.0981. The Kier molecular flexibility index (Phi) is 5.46. The predicted molar refractivity (Wildman–Crippen MR) is 98.8 cm³/mol. The van der Waals surface area contributed by atoms with Gasteiger partial charge in [-0.1, -0.05) is 18.2 Å². The number of carbonyl (C=O) groups is 1. The smallest absolute Gasteiger partial charge is 0.262 e. The summed E-state index contributed by atoms with van der Waals surface area (Å²) in [5, 5.41) is 1.97. The first-order valence-electron chi connectivity index (χ1n) is 8.00. The van der Waals surface area contributed by atoms with Crippen LogP contribution in [0.15, 0.2) is 66.0 Å². The highest BCUT2D eigenvalue weighted by Gasteiger charge is 2.22. The molecule has 3 rings (SSSR count). The third kappa shape index (κ3) is 4.06. The number of benzene rings is 2. The van der Waals surface area contributed by atoms with E-state index in [1.54, 1.807) is 40.5 Å². The monoisotopic (exact) mass is 355 g/mol. The van der Waals surface area contributed by atoms with Crippen molar-refractivity contribution in [3.05, 3.63) is 82.3 Å². The largest absolute Gasteiger partial charge is 0.493 e. The van der Waals surface area contributed by atoms with E-state index < -0.39 is 0 Å². The van der Waals surface area contributed by atoms with Crippen molar-refractivity contribution >= 4 is 22.9 Å². The minimum Gasteiger partial charge on any atom is -0.493 e. The highest BCUT2D eigenvalue weighted by molar-refractivity contribution is 7.09. The van der Waals surface area contributed by atoms with Gasteiger partial charge in [-0.25, -0.2) is 4.39 Å². The maximum atomic E-state index is 13.3. The second-order valence-corrected chi connectivity index (χ2v) is 6.41. The number of para-hydroxylation sites is 1. The SMILES string of the molecule is CCOc1ccccc1C(=O)N(Cc1cccs1)c1ccc(F)cc1. The number of nitrogens with zero attached hydrogens (tertiary/aromatic N) is 1. The Morgan fingerprint density at radius 1 is 1.08 bits per heavy atom. The molecule has 0 radical (unpaired) electrons. The van der Waals surface area contributed by atoms with Gasteiger partial charge in [0.1, 0.15) is 11.6 Å². The average Bonchev–Trinajstić information content (AvgIpc) is 3.14. The minimum atomic E-state index is -0.331. The van der Waals surface area contributed by atoms with Crippen LogP contribution in [0.25, 0.3) is 0 Å². The predicted octanol–water partition coefficient (Wildman–Crippen LogP) is 5.13. The number of thiophene rings is 1. The first-order valence-corrected chi connectivity index (χ1v) is 8.88. The molecule has 0 bridgehead atoms. The van der Waals surface area contributed by atoms with Gasteiger partial charge in [0.05, 0.1) is 18.7 Å². The Bertz CT molecular complexity index is 831. The van der Waals surface area contributed by atoms with Crippen molar-refractivity contribution in [3.8, 4) is 5.75 Å². The molecule has 0 atom stereocenters. The van der Waals surface area contributed by atoms with Gasteiger partial charge in [-0.15, -0.1) is 11.3 Å². The molecule has 0 spiro atoms. The summed E-state index contributed by atoms with van der Waals surface area (Å²) >= 11 is 1.58. The van der Waals surface area contributed by atoms with E-state index >= 15 is 0 Å². The molecular weight excluding hydrogens is 337 g/mol. The molecule has 5 heteroatoms. The van der Waals surface area contributed by atoms with Crippen molar-refractivity contribution < 1.29 is 13.9 Å². The van der Waals surface area contributed by atoms with Crippen LogP contribution in [0.5, 0.6) is 5.75 Å². The van der Waals surface area contributed by atoms with Crippen molar-refractivity contribution in [1.82, 2.24) is 0 Å². The number of ether oxygens (including phenoxy) is 1. The fraction of sp³-hybridized carbons (Fsp3) is 0.150. The lowest BCUT2D eigenvalue weighted by Gasteiger charge is -2.23. The van der Waals surface area contributed by atoms with Gasteiger partial charge in [-0.3, -0.25) is 4.79 Å². The molecular formula is C20H18FNO2S. The van der Waals surface area contributed by atoms with Crippen LogP contribution in [-0.2, 0) is 6.54 Å². The molecule has 2 aromatic carbocycles. The highest BCUT2D eigenvalue weighted by Crippen LogP contribution is 2.26. The number of anilines is 1. The lowest BCUT2D eigenvalue weighted by Crippen LogP contribution is -2.30. The van der Waals surface area contributed by atoms with E-state index in [0.29, 0.717) is 30.2 Å². The topological polar surface area (TPSA) is 29.5 Å². The number of rotatable bonds is 6. The molecule has 0 aliphatic heterocycles. The quantitative estimate of drug-likeness (QED) is 0.613. The zero-order valence-corrected chi connectivity index (χ0v) is 14.6. The van der Waals surface area contributed by atoms with Gasteiger partial charge in [-0.05, 0) is 54.8 Å². The van der Waals surface area contributed by atoms with Crippen LogP contribution in [0.3, 0.4) is 0 Å². The van der Waals surface area contributed by atoms with Crippen molar-refractivity contribution in [3.63, 3.8) is 0 Å². The molecule has 1 amide bonds. The van der Waals surface area contributed by atoms with Gasteiger partial charge < -0.3 is 9.64 Å². The summed E-state index contributed by atoms with van der Waals surface area (Å²) < 4.78 is 18.9. The maximum Gasteiger partial charge on any atom is 0.262 e. The Morgan fingerprint density at radius 3 is 2.52 bits per heavy atom. The standard InChI is InChI=1S/C20H18FNO2S/c1-2-24-19-8-4-3-7-18(19)20(23)22(14-17-6-5-13-25-17)16-11-9-15(21)10-12-16/h3-13H,2,14H2,1H3. The number of hydrogen-bond acceptors (Lipinski definition) is 3. The molecule has 3 nitrogen and oxygen atoms in total. The molecule has 1 heterocycles. The third-order valence-electron chi connectivity index (χ3n) is 3.69. The molecule has 25 heavy (non-hydrogen) atoms. The molecule has 3 aromatic rings. The van der Waals surface area contributed by atoms with Crippen LogP contribution >= 0.6 is 11.3 Å². The Morgan fingerprint density at radius 2 is 1.84 bits per heavy atom. The third-order valence-corrected chi connectivity index (χ3v) is 4.56. The second-order valence-electron chi connectivity index (χ2n) is 5.38. The van der Waals surface area contributed by atoms with E-state index in [1.165, 1.54) is 12.1 Å². The van der Waals surface area contributed by atoms with Gasteiger partial charge in [0.25, 0.3) is 5.91 Å². The number of hydrogen-bond donors (Lipinski definition) is 0. The summed E-state index contributed by atoms with van der Waals surface area (Å²) in [5.41, 5.74) is 1.14. The van der Waals surface area contributed by atoms with Gasteiger partial charge in [0.2, 0.25) is 0 Å². The maximum absolute atomic E-state index is 13.3. The summed E-state index contributed by atoms with van der Waals surface area (Å²) in [6, 6.07) is 17.0. The molecule has 0 saturated carbocycles. The summed E-state index contributed by atoms with van der Waals surface area (Å²) in [7, 11) is 0. The van der Waals surface area contributed by atoms with Crippen molar-refractivity contribution in [1.29, 1.82) is 0 Å². The minimum absolute atomic E-state index is 0.177. The molecule has 0 unspecified atom stereocenters. The van der Waals surface area contributed by atoms with Crippen LogP contribution in [0.1, 0.15) is 22.2 Å². The number of amides is 1. The first kappa shape index (κ1) is 17.2. The van der Waals surface area contributed by atoms with E-state index in [1.807, 2.05) is 36.6 Å². The molecule has 0 aliphatic rings. The van der Waals surface area contributed by atoms with Gasteiger partial charge in [-0.2, -0.15) is 0 Å². The van der Waals surface area contributed by atoms with Gasteiger partial charge in [0.15, 0.2) is 0 Å². The summed E-state index contributed by atoms with van der Waals surface area (Å²) in [4.78, 5) is 15.9. The Labute approximate surface area is 150 Å². The zero-order valence-electron chi connectivity index (χ0n) is 13.8. The normalized spacial score (nSPS) is 10.5. The lowest BCUT2D eigenvalue weighted by atomic mass is 10.1. The zero-order chi connectivity index (χ0) is 17.6. The number of carbonyl (C=O) groups excluding carboxylic acids is 1. The molecule has 0 fully saturated rings. The summed E-state index contributed by atoms with van der Waals surface area (Å²) in [6.07, 6.45) is 0. The van der Waals surface area contributed by atoms with Gasteiger partial charge in [0, 0.05) is 10.6 Å². The van der Waals surface area contributed by atoms with Crippen molar-refractivity contribution in [2.75, 3.05) is 11.5 Å². The fourth-order valence-electron chi connectivity index (χ4n) is 2.53. The molecule has 128 valence electrons. The van der Waals surface area contributed by atoms with Crippen molar-refractivity contribution in [2.45, 2.75) is 13.5 Å². The van der Waals surface area contributed by atoms with Crippen LogP contribution in [0.4, 0.5) is 10.1 Å². The van der Waals surface area contributed by atoms with E-state index in [0.717, 1.165) is 4.88 Å². The number of halogens is 1. The second kappa shape index (κ2) is 7.94. The van der Waals surface area contributed by atoms with Crippen LogP contribution in [-0.4, -0.2) is 12.5 Å². The first-order chi connectivity index (χ1) is 12.2. The van der Waals surface area contributed by atoms with Crippen LogP contribution < -0.4 is 9.64 Å². The van der Waals surface area contributed by atoms with Crippen molar-refractivity contribution in [2.24, 2.45) is 0 Å². The van der Waals surface area contributed by atoms with E-state index in [2.05, 4.69) is 0 Å². The summed E-state index contributed by atoms with van der Waals surface area (Å²) in [5.74, 6) is 0.0411.